The Kier molecular flexibility index (Phi) is 5.56. The molecular weight excluding hydrogens is 335 g/mol. The standard InChI is InChI=1S/C16H18ClFN4O2/c1-16(2,3)24-15(23)22-14-12(6-11(18)9-21-14)19-7-10-4-5-13(17)20-8-10/h4-6,8-9,19H,7H2,1-3H3,(H,21,22,23). The van der Waals surface area contributed by atoms with Crippen molar-refractivity contribution in [2.45, 2.75) is 32.9 Å². The van der Waals surface area contributed by atoms with Crippen molar-refractivity contribution in [3.8, 4) is 0 Å². The molecule has 2 aromatic rings. The van der Waals surface area contributed by atoms with Crippen LogP contribution in [0.2, 0.25) is 5.15 Å². The van der Waals surface area contributed by atoms with Crippen molar-refractivity contribution >= 4 is 29.2 Å². The second-order valence-electron chi connectivity index (χ2n) is 6.02. The summed E-state index contributed by atoms with van der Waals surface area (Å²) >= 11 is 5.73. The normalized spacial score (nSPS) is 11.0. The molecule has 6 nitrogen and oxygen atoms in total. The van der Waals surface area contributed by atoms with Crippen molar-refractivity contribution in [3.63, 3.8) is 0 Å². The predicted octanol–water partition coefficient (Wildman–Crippen LogP) is 4.23. The largest absolute Gasteiger partial charge is 0.444 e. The number of hydrogen-bond acceptors (Lipinski definition) is 5. The van der Waals surface area contributed by atoms with Crippen molar-refractivity contribution in [2.24, 2.45) is 0 Å². The summed E-state index contributed by atoms with van der Waals surface area (Å²) in [5.74, 6) is -0.353. The smallest absolute Gasteiger partial charge is 0.413 e. The fourth-order valence-electron chi connectivity index (χ4n) is 1.78. The highest BCUT2D eigenvalue weighted by atomic mass is 35.5. The second-order valence-corrected chi connectivity index (χ2v) is 6.41. The Balaban J connectivity index is 2.09. The summed E-state index contributed by atoms with van der Waals surface area (Å²) in [5.41, 5.74) is 0.523. The number of amides is 1. The molecule has 2 aromatic heterocycles. The number of hydrogen-bond donors (Lipinski definition) is 2. The average molecular weight is 353 g/mol. The van der Waals surface area contributed by atoms with E-state index >= 15 is 0 Å². The van der Waals surface area contributed by atoms with Gasteiger partial charge in [-0.05, 0) is 32.4 Å². The fraction of sp³-hybridized carbons (Fsp3) is 0.312. The van der Waals surface area contributed by atoms with Crippen LogP contribution in [-0.2, 0) is 11.3 Å². The third kappa shape index (κ3) is 5.66. The van der Waals surface area contributed by atoms with Crippen molar-refractivity contribution in [2.75, 3.05) is 10.6 Å². The molecule has 0 aliphatic carbocycles. The van der Waals surface area contributed by atoms with Crippen LogP contribution in [-0.4, -0.2) is 21.7 Å². The predicted molar refractivity (Wildman–Crippen MR) is 90.6 cm³/mol. The Hall–Kier alpha value is -2.41. The zero-order valence-corrected chi connectivity index (χ0v) is 14.3. The number of carbonyl (C=O) groups excluding carboxylic acids is 1. The van der Waals surface area contributed by atoms with Gasteiger partial charge in [0.05, 0.1) is 11.9 Å². The minimum Gasteiger partial charge on any atom is -0.444 e. The molecule has 1 amide bonds. The van der Waals surface area contributed by atoms with E-state index in [4.69, 9.17) is 16.3 Å². The van der Waals surface area contributed by atoms with Gasteiger partial charge in [-0.15, -0.1) is 0 Å². The number of carbonyl (C=O) groups is 1. The second kappa shape index (κ2) is 7.44. The van der Waals surface area contributed by atoms with Crippen LogP contribution < -0.4 is 10.6 Å². The number of rotatable bonds is 4. The van der Waals surface area contributed by atoms with Gasteiger partial charge in [-0.3, -0.25) is 5.32 Å². The molecule has 0 saturated heterocycles. The first-order valence-electron chi connectivity index (χ1n) is 7.23. The van der Waals surface area contributed by atoms with E-state index in [1.807, 2.05) is 0 Å². The third-order valence-corrected chi connectivity index (χ3v) is 2.97. The van der Waals surface area contributed by atoms with Crippen molar-refractivity contribution in [3.05, 3.63) is 47.1 Å². The Bertz CT molecular complexity index is 717. The monoisotopic (exact) mass is 352 g/mol. The molecule has 2 heterocycles. The molecule has 0 radical (unpaired) electrons. The van der Waals surface area contributed by atoms with Crippen LogP contribution in [0.25, 0.3) is 0 Å². The zero-order valence-electron chi connectivity index (χ0n) is 13.6. The summed E-state index contributed by atoms with van der Waals surface area (Å²) in [6.07, 6.45) is 1.95. The summed E-state index contributed by atoms with van der Waals surface area (Å²) in [4.78, 5) is 19.7. The van der Waals surface area contributed by atoms with Gasteiger partial charge >= 0.3 is 6.09 Å². The van der Waals surface area contributed by atoms with Crippen molar-refractivity contribution in [1.82, 2.24) is 9.97 Å². The summed E-state index contributed by atoms with van der Waals surface area (Å²) in [6, 6.07) is 4.68. The highest BCUT2D eigenvalue weighted by Gasteiger charge is 2.18. The number of nitrogens with zero attached hydrogens (tertiary/aromatic N) is 2. The molecular formula is C16H18ClFN4O2. The number of nitrogens with one attached hydrogen (secondary N) is 2. The first kappa shape index (κ1) is 17.9. The lowest BCUT2D eigenvalue weighted by Crippen LogP contribution is -2.27. The number of ether oxygens (including phenoxy) is 1. The van der Waals surface area contributed by atoms with Gasteiger partial charge in [-0.1, -0.05) is 17.7 Å². The van der Waals surface area contributed by atoms with Gasteiger partial charge in [0, 0.05) is 18.8 Å². The van der Waals surface area contributed by atoms with Crippen LogP contribution in [0.5, 0.6) is 0 Å². The minimum absolute atomic E-state index is 0.174. The van der Waals surface area contributed by atoms with Crippen LogP contribution in [0.4, 0.5) is 20.7 Å². The molecule has 2 N–H and O–H groups in total. The van der Waals surface area contributed by atoms with E-state index in [1.54, 1.807) is 39.1 Å². The van der Waals surface area contributed by atoms with Crippen LogP contribution in [0.15, 0.2) is 30.6 Å². The maximum Gasteiger partial charge on any atom is 0.413 e. The summed E-state index contributed by atoms with van der Waals surface area (Å²) < 4.78 is 18.6. The Morgan fingerprint density at radius 2 is 2.04 bits per heavy atom. The molecule has 0 aliphatic rings. The van der Waals surface area contributed by atoms with Gasteiger partial charge < -0.3 is 10.1 Å². The van der Waals surface area contributed by atoms with Gasteiger partial charge in [0.15, 0.2) is 5.82 Å². The molecule has 0 fully saturated rings. The van der Waals surface area contributed by atoms with E-state index in [1.165, 1.54) is 6.07 Å². The van der Waals surface area contributed by atoms with E-state index in [0.29, 0.717) is 17.4 Å². The van der Waals surface area contributed by atoms with Crippen LogP contribution >= 0.6 is 11.6 Å². The first-order valence-corrected chi connectivity index (χ1v) is 7.60. The lowest BCUT2D eigenvalue weighted by molar-refractivity contribution is 0.0635. The van der Waals surface area contributed by atoms with Gasteiger partial charge in [0.25, 0.3) is 0 Å². The van der Waals surface area contributed by atoms with E-state index in [0.717, 1.165) is 11.8 Å². The van der Waals surface area contributed by atoms with Crippen molar-refractivity contribution in [1.29, 1.82) is 0 Å². The molecule has 0 bridgehead atoms. The van der Waals surface area contributed by atoms with Crippen LogP contribution in [0.3, 0.4) is 0 Å². The van der Waals surface area contributed by atoms with E-state index in [2.05, 4.69) is 20.6 Å². The van der Waals surface area contributed by atoms with Gasteiger partial charge in [-0.25, -0.2) is 19.2 Å². The minimum atomic E-state index is -0.669. The Morgan fingerprint density at radius 1 is 1.29 bits per heavy atom. The summed E-state index contributed by atoms with van der Waals surface area (Å²) in [6.45, 7) is 5.60. The maximum atomic E-state index is 13.5. The molecule has 2 rings (SSSR count). The lowest BCUT2D eigenvalue weighted by atomic mass is 10.2. The highest BCUT2D eigenvalue weighted by Crippen LogP contribution is 2.21. The fourth-order valence-corrected chi connectivity index (χ4v) is 1.89. The molecule has 0 spiro atoms. The quantitative estimate of drug-likeness (QED) is 0.805. The Labute approximate surface area is 144 Å². The highest BCUT2D eigenvalue weighted by molar-refractivity contribution is 6.29. The van der Waals surface area contributed by atoms with E-state index < -0.39 is 17.5 Å². The summed E-state index contributed by atoms with van der Waals surface area (Å²) in [7, 11) is 0. The van der Waals surface area contributed by atoms with Gasteiger partial charge in [-0.2, -0.15) is 0 Å². The molecule has 0 aliphatic heterocycles. The Morgan fingerprint density at radius 3 is 2.67 bits per heavy atom. The maximum absolute atomic E-state index is 13.5. The number of pyridine rings is 2. The molecule has 0 aromatic carbocycles. The van der Waals surface area contributed by atoms with Gasteiger partial charge in [0.2, 0.25) is 0 Å². The molecule has 0 atom stereocenters. The van der Waals surface area contributed by atoms with Crippen molar-refractivity contribution < 1.29 is 13.9 Å². The molecule has 0 saturated carbocycles. The molecule has 24 heavy (non-hydrogen) atoms. The van der Waals surface area contributed by atoms with E-state index in [9.17, 15) is 9.18 Å². The third-order valence-electron chi connectivity index (χ3n) is 2.75. The SMILES string of the molecule is CC(C)(C)OC(=O)Nc1ncc(F)cc1NCc1ccc(Cl)nc1. The first-order chi connectivity index (χ1) is 11.2. The molecule has 128 valence electrons. The van der Waals surface area contributed by atoms with E-state index in [-0.39, 0.29) is 5.82 Å². The number of aromatic nitrogens is 2. The zero-order chi connectivity index (χ0) is 17.7. The summed E-state index contributed by atoms with van der Waals surface area (Å²) in [5, 5.41) is 5.89. The molecule has 0 unspecified atom stereocenters. The van der Waals surface area contributed by atoms with Crippen LogP contribution in [0, 0.1) is 5.82 Å². The van der Waals surface area contributed by atoms with Gasteiger partial charge in [0.1, 0.15) is 16.6 Å². The number of halogens is 2. The molecule has 8 heteroatoms. The lowest BCUT2D eigenvalue weighted by Gasteiger charge is -2.20. The van der Waals surface area contributed by atoms with Crippen LogP contribution in [0.1, 0.15) is 26.3 Å². The number of anilines is 2. The average Bonchev–Trinajstić information content (AvgIpc) is 2.47. The topological polar surface area (TPSA) is 76.1 Å².